The lowest BCUT2D eigenvalue weighted by atomic mass is 10.0. The van der Waals surface area contributed by atoms with Crippen molar-refractivity contribution in [3.05, 3.63) is 47.1 Å². The summed E-state index contributed by atoms with van der Waals surface area (Å²) in [6.45, 7) is 2.03. The van der Waals surface area contributed by atoms with Crippen molar-refractivity contribution in [1.29, 1.82) is 0 Å². The SMILES string of the molecule is CN(C)C(=O)CN1CCC(NC(=O)c2ccc(-c3ccc(F)cc3)s2)CC1. The number of halogens is 1. The summed E-state index contributed by atoms with van der Waals surface area (Å²) >= 11 is 1.41. The number of benzene rings is 1. The Morgan fingerprint density at radius 1 is 1.15 bits per heavy atom. The van der Waals surface area contributed by atoms with E-state index in [1.807, 2.05) is 12.1 Å². The molecule has 0 bridgehead atoms. The van der Waals surface area contributed by atoms with Crippen LogP contribution in [-0.2, 0) is 4.79 Å². The van der Waals surface area contributed by atoms with Gasteiger partial charge in [0.25, 0.3) is 5.91 Å². The van der Waals surface area contributed by atoms with Crippen molar-refractivity contribution in [2.75, 3.05) is 33.7 Å². The Kier molecular flexibility index (Phi) is 6.23. The first-order valence-corrected chi connectivity index (χ1v) is 9.83. The minimum absolute atomic E-state index is 0.0730. The van der Waals surface area contributed by atoms with E-state index in [0.29, 0.717) is 11.4 Å². The van der Waals surface area contributed by atoms with Crippen LogP contribution in [-0.4, -0.2) is 61.4 Å². The first-order valence-electron chi connectivity index (χ1n) is 9.01. The number of nitrogens with zero attached hydrogens (tertiary/aromatic N) is 2. The fourth-order valence-corrected chi connectivity index (χ4v) is 3.97. The molecule has 1 aliphatic rings. The number of hydrogen-bond acceptors (Lipinski definition) is 4. The maximum Gasteiger partial charge on any atom is 0.261 e. The summed E-state index contributed by atoms with van der Waals surface area (Å²) in [6, 6.07) is 10.1. The third-order valence-electron chi connectivity index (χ3n) is 4.74. The Balaban J connectivity index is 1.51. The molecule has 2 aromatic rings. The van der Waals surface area contributed by atoms with Crippen LogP contribution in [0.1, 0.15) is 22.5 Å². The summed E-state index contributed by atoms with van der Waals surface area (Å²) in [4.78, 5) is 29.6. The summed E-state index contributed by atoms with van der Waals surface area (Å²) in [6.07, 6.45) is 1.67. The van der Waals surface area contributed by atoms with Gasteiger partial charge in [-0.3, -0.25) is 14.5 Å². The number of piperidine rings is 1. The van der Waals surface area contributed by atoms with Gasteiger partial charge in [-0.05, 0) is 42.7 Å². The number of thiophene rings is 1. The Morgan fingerprint density at radius 3 is 2.44 bits per heavy atom. The first kappa shape index (κ1) is 19.5. The summed E-state index contributed by atoms with van der Waals surface area (Å²) in [5.74, 6) is -0.243. The zero-order chi connectivity index (χ0) is 19.4. The van der Waals surface area contributed by atoms with Crippen molar-refractivity contribution in [3.8, 4) is 10.4 Å². The smallest absolute Gasteiger partial charge is 0.261 e. The second-order valence-electron chi connectivity index (χ2n) is 6.98. The monoisotopic (exact) mass is 389 g/mol. The molecule has 0 radical (unpaired) electrons. The number of likely N-dealkylation sites (N-methyl/N-ethyl adjacent to an activating group) is 1. The maximum absolute atomic E-state index is 13.0. The van der Waals surface area contributed by atoms with E-state index in [9.17, 15) is 14.0 Å². The standard InChI is InChI=1S/C20H24FN3O2S/c1-23(2)19(25)13-24-11-9-16(10-12-24)22-20(26)18-8-7-17(27-18)14-3-5-15(21)6-4-14/h3-8,16H,9-13H2,1-2H3,(H,22,26). The fraction of sp³-hybridized carbons (Fsp3) is 0.400. The third kappa shape index (κ3) is 5.14. The highest BCUT2D eigenvalue weighted by molar-refractivity contribution is 7.17. The van der Waals surface area contributed by atoms with E-state index in [2.05, 4.69) is 10.2 Å². The van der Waals surface area contributed by atoms with Crippen LogP contribution >= 0.6 is 11.3 Å². The number of amides is 2. The van der Waals surface area contributed by atoms with Gasteiger partial charge in [0.1, 0.15) is 5.82 Å². The average molecular weight is 389 g/mol. The van der Waals surface area contributed by atoms with E-state index < -0.39 is 0 Å². The van der Waals surface area contributed by atoms with Crippen LogP contribution in [0.2, 0.25) is 0 Å². The predicted octanol–water partition coefficient (Wildman–Crippen LogP) is 2.84. The van der Waals surface area contributed by atoms with E-state index in [1.54, 1.807) is 31.1 Å². The maximum atomic E-state index is 13.0. The highest BCUT2D eigenvalue weighted by atomic mass is 32.1. The predicted molar refractivity (Wildman–Crippen MR) is 105 cm³/mol. The molecule has 0 aliphatic carbocycles. The molecule has 27 heavy (non-hydrogen) atoms. The summed E-state index contributed by atoms with van der Waals surface area (Å²) in [5.41, 5.74) is 0.902. The van der Waals surface area contributed by atoms with Crippen molar-refractivity contribution in [2.45, 2.75) is 18.9 Å². The zero-order valence-corrected chi connectivity index (χ0v) is 16.4. The summed E-state index contributed by atoms with van der Waals surface area (Å²) in [5, 5.41) is 3.10. The van der Waals surface area contributed by atoms with E-state index in [-0.39, 0.29) is 23.7 Å². The number of nitrogens with one attached hydrogen (secondary N) is 1. The van der Waals surface area contributed by atoms with Gasteiger partial charge in [-0.1, -0.05) is 12.1 Å². The molecular formula is C20H24FN3O2S. The summed E-state index contributed by atoms with van der Waals surface area (Å²) < 4.78 is 13.0. The Bertz CT molecular complexity index is 796. The topological polar surface area (TPSA) is 52.7 Å². The number of carbonyl (C=O) groups is 2. The first-order chi connectivity index (χ1) is 12.9. The number of rotatable bonds is 5. The Hall–Kier alpha value is -2.25. The van der Waals surface area contributed by atoms with Crippen molar-refractivity contribution in [1.82, 2.24) is 15.1 Å². The Labute approximate surface area is 162 Å². The van der Waals surface area contributed by atoms with Crippen LogP contribution in [0.5, 0.6) is 0 Å². The van der Waals surface area contributed by atoms with Crippen molar-refractivity contribution >= 4 is 23.2 Å². The van der Waals surface area contributed by atoms with Gasteiger partial charge < -0.3 is 10.2 Å². The van der Waals surface area contributed by atoms with Crippen molar-refractivity contribution < 1.29 is 14.0 Å². The molecule has 1 aliphatic heterocycles. The second kappa shape index (κ2) is 8.63. The highest BCUT2D eigenvalue weighted by Gasteiger charge is 2.23. The van der Waals surface area contributed by atoms with Gasteiger partial charge in [-0.15, -0.1) is 11.3 Å². The lowest BCUT2D eigenvalue weighted by molar-refractivity contribution is -0.130. The number of hydrogen-bond donors (Lipinski definition) is 1. The third-order valence-corrected chi connectivity index (χ3v) is 5.87. The highest BCUT2D eigenvalue weighted by Crippen LogP contribution is 2.28. The van der Waals surface area contributed by atoms with Crippen LogP contribution in [0.15, 0.2) is 36.4 Å². The number of carbonyl (C=O) groups excluding carboxylic acids is 2. The van der Waals surface area contributed by atoms with Crippen LogP contribution in [0.25, 0.3) is 10.4 Å². The van der Waals surface area contributed by atoms with Gasteiger partial charge in [0.15, 0.2) is 0 Å². The molecule has 0 atom stereocenters. The Morgan fingerprint density at radius 2 is 1.81 bits per heavy atom. The zero-order valence-electron chi connectivity index (χ0n) is 15.6. The van der Waals surface area contributed by atoms with E-state index in [1.165, 1.54) is 23.5 Å². The molecule has 2 amide bonds. The quantitative estimate of drug-likeness (QED) is 0.856. The molecule has 0 saturated carbocycles. The van der Waals surface area contributed by atoms with Crippen molar-refractivity contribution in [3.63, 3.8) is 0 Å². The van der Waals surface area contributed by atoms with E-state index in [4.69, 9.17) is 0 Å². The van der Waals surface area contributed by atoms with Gasteiger partial charge in [-0.2, -0.15) is 0 Å². The molecule has 1 N–H and O–H groups in total. The lowest BCUT2D eigenvalue weighted by Crippen LogP contribution is -2.47. The molecule has 1 fully saturated rings. The van der Waals surface area contributed by atoms with Gasteiger partial charge in [0.05, 0.1) is 11.4 Å². The normalized spacial score (nSPS) is 15.5. The van der Waals surface area contributed by atoms with Gasteiger partial charge in [-0.25, -0.2) is 4.39 Å². The molecule has 2 heterocycles. The summed E-state index contributed by atoms with van der Waals surface area (Å²) in [7, 11) is 3.52. The molecule has 7 heteroatoms. The molecule has 3 rings (SSSR count). The molecule has 144 valence electrons. The molecule has 1 aromatic carbocycles. The molecule has 0 unspecified atom stereocenters. The average Bonchev–Trinajstić information content (AvgIpc) is 3.14. The van der Waals surface area contributed by atoms with Crippen LogP contribution in [0, 0.1) is 5.82 Å². The van der Waals surface area contributed by atoms with Crippen molar-refractivity contribution in [2.24, 2.45) is 0 Å². The van der Waals surface area contributed by atoms with Crippen LogP contribution in [0.3, 0.4) is 0 Å². The van der Waals surface area contributed by atoms with Crippen LogP contribution < -0.4 is 5.32 Å². The van der Waals surface area contributed by atoms with E-state index in [0.717, 1.165) is 36.4 Å². The lowest BCUT2D eigenvalue weighted by Gasteiger charge is -2.32. The minimum Gasteiger partial charge on any atom is -0.349 e. The van der Waals surface area contributed by atoms with Gasteiger partial charge in [0.2, 0.25) is 5.91 Å². The number of likely N-dealkylation sites (tertiary alicyclic amines) is 1. The molecule has 1 aromatic heterocycles. The van der Waals surface area contributed by atoms with Crippen LogP contribution in [0.4, 0.5) is 4.39 Å². The molecule has 1 saturated heterocycles. The largest absolute Gasteiger partial charge is 0.349 e. The molecule has 0 spiro atoms. The second-order valence-corrected chi connectivity index (χ2v) is 8.07. The minimum atomic E-state index is -0.271. The van der Waals surface area contributed by atoms with E-state index >= 15 is 0 Å². The van der Waals surface area contributed by atoms with Gasteiger partial charge in [0, 0.05) is 38.1 Å². The molecule has 5 nitrogen and oxygen atoms in total. The van der Waals surface area contributed by atoms with Gasteiger partial charge >= 0.3 is 0 Å². The molecular weight excluding hydrogens is 365 g/mol. The fourth-order valence-electron chi connectivity index (χ4n) is 3.05.